The van der Waals surface area contributed by atoms with Gasteiger partial charge in [-0.3, -0.25) is 4.79 Å². The summed E-state index contributed by atoms with van der Waals surface area (Å²) in [6, 6.07) is 0. The lowest BCUT2D eigenvalue weighted by Crippen LogP contribution is -2.48. The lowest BCUT2D eigenvalue weighted by molar-refractivity contribution is -0.126. The van der Waals surface area contributed by atoms with Crippen LogP contribution in [0.15, 0.2) is 0 Å². The molecule has 1 aliphatic heterocycles. The monoisotopic (exact) mass is 244 g/mol. The van der Waals surface area contributed by atoms with Gasteiger partial charge in [-0.05, 0) is 34.4 Å². The molecule has 0 aromatic heterocycles. The second-order valence-corrected chi connectivity index (χ2v) is 5.53. The number of ether oxygens (including phenoxy) is 1. The number of nitrogens with zero attached hydrogens (tertiary/aromatic N) is 1. The van der Waals surface area contributed by atoms with Gasteiger partial charge in [0.1, 0.15) is 0 Å². The predicted molar refractivity (Wildman–Crippen MR) is 65.7 cm³/mol. The van der Waals surface area contributed by atoms with Crippen molar-refractivity contribution in [2.45, 2.75) is 32.0 Å². The first kappa shape index (κ1) is 14.4. The van der Waals surface area contributed by atoms with Gasteiger partial charge in [-0.1, -0.05) is 0 Å². The number of carbonyl (C=O) groups is 1. The van der Waals surface area contributed by atoms with Crippen LogP contribution in [0.3, 0.4) is 0 Å². The summed E-state index contributed by atoms with van der Waals surface area (Å²) in [5.74, 6) is -0.0893. The summed E-state index contributed by atoms with van der Waals surface area (Å²) in [5, 5.41) is 12.8. The fraction of sp³-hybridized carbons (Fsp3) is 0.917. The molecule has 1 fully saturated rings. The number of amides is 1. The molecule has 100 valence electrons. The molecule has 5 nitrogen and oxygen atoms in total. The lowest BCUT2D eigenvalue weighted by atomic mass is 10.0. The van der Waals surface area contributed by atoms with E-state index in [9.17, 15) is 9.90 Å². The average molecular weight is 244 g/mol. The zero-order valence-corrected chi connectivity index (χ0v) is 11.2. The predicted octanol–water partition coefficient (Wildman–Crippen LogP) is -0.160. The minimum Gasteiger partial charge on any atom is -0.387 e. The summed E-state index contributed by atoms with van der Waals surface area (Å²) >= 11 is 0. The summed E-state index contributed by atoms with van der Waals surface area (Å²) in [6.07, 6.45) is 0.926. The summed E-state index contributed by atoms with van der Waals surface area (Å²) in [5.41, 5.74) is -0.899. The third-order valence-electron chi connectivity index (χ3n) is 2.87. The van der Waals surface area contributed by atoms with Crippen molar-refractivity contribution in [3.05, 3.63) is 0 Å². The first-order chi connectivity index (χ1) is 7.80. The van der Waals surface area contributed by atoms with E-state index in [0.29, 0.717) is 13.2 Å². The molecule has 1 heterocycles. The molecule has 5 heteroatoms. The molecular weight excluding hydrogens is 220 g/mol. The van der Waals surface area contributed by atoms with Crippen molar-refractivity contribution in [1.29, 1.82) is 0 Å². The molecule has 0 bridgehead atoms. The van der Waals surface area contributed by atoms with Crippen molar-refractivity contribution in [2.75, 3.05) is 33.8 Å². The Bertz CT molecular complexity index is 266. The largest absolute Gasteiger partial charge is 0.387 e. The van der Waals surface area contributed by atoms with Gasteiger partial charge in [0.25, 0.3) is 0 Å². The number of hydrogen-bond acceptors (Lipinski definition) is 4. The van der Waals surface area contributed by atoms with Gasteiger partial charge in [-0.2, -0.15) is 0 Å². The highest BCUT2D eigenvalue weighted by molar-refractivity contribution is 5.79. The Morgan fingerprint density at radius 2 is 2.24 bits per heavy atom. The molecule has 0 aliphatic carbocycles. The van der Waals surface area contributed by atoms with Crippen LogP contribution in [0.4, 0.5) is 0 Å². The zero-order valence-electron chi connectivity index (χ0n) is 11.2. The summed E-state index contributed by atoms with van der Waals surface area (Å²) < 4.78 is 5.35. The molecule has 0 saturated carbocycles. The first-order valence-electron chi connectivity index (χ1n) is 6.06. The molecule has 17 heavy (non-hydrogen) atoms. The highest BCUT2D eigenvalue weighted by Crippen LogP contribution is 2.19. The molecule has 1 rings (SSSR count). The number of aliphatic hydroxyl groups is 1. The third-order valence-corrected chi connectivity index (χ3v) is 2.87. The third kappa shape index (κ3) is 5.02. The summed E-state index contributed by atoms with van der Waals surface area (Å²) in [4.78, 5) is 13.7. The van der Waals surface area contributed by atoms with Crippen LogP contribution in [-0.2, 0) is 9.53 Å². The van der Waals surface area contributed by atoms with Gasteiger partial charge in [0, 0.05) is 13.1 Å². The van der Waals surface area contributed by atoms with E-state index < -0.39 is 5.60 Å². The van der Waals surface area contributed by atoms with Crippen LogP contribution < -0.4 is 5.32 Å². The van der Waals surface area contributed by atoms with Crippen molar-refractivity contribution in [3.8, 4) is 0 Å². The molecule has 3 atom stereocenters. The number of carbonyl (C=O) groups excluding carboxylic acids is 1. The summed E-state index contributed by atoms with van der Waals surface area (Å²) in [6.45, 7) is 4.97. The quantitative estimate of drug-likeness (QED) is 0.705. The molecule has 1 aliphatic rings. The highest BCUT2D eigenvalue weighted by atomic mass is 16.5. The van der Waals surface area contributed by atoms with E-state index >= 15 is 0 Å². The zero-order chi connectivity index (χ0) is 13.1. The van der Waals surface area contributed by atoms with E-state index in [-0.39, 0.29) is 24.5 Å². The van der Waals surface area contributed by atoms with Crippen molar-refractivity contribution in [2.24, 2.45) is 5.92 Å². The Morgan fingerprint density at radius 3 is 2.71 bits per heavy atom. The fourth-order valence-corrected chi connectivity index (χ4v) is 2.16. The molecule has 2 N–H and O–H groups in total. The fourth-order valence-electron chi connectivity index (χ4n) is 2.16. The van der Waals surface area contributed by atoms with Crippen molar-refractivity contribution < 1.29 is 14.6 Å². The van der Waals surface area contributed by atoms with Crippen LogP contribution in [0.5, 0.6) is 0 Å². The SMILES string of the molecule is CC1CC(C(=O)NCC(C)(O)CN(C)C)CO1. The van der Waals surface area contributed by atoms with Crippen LogP contribution in [0.1, 0.15) is 20.3 Å². The van der Waals surface area contributed by atoms with Gasteiger partial charge >= 0.3 is 0 Å². The smallest absolute Gasteiger partial charge is 0.225 e. The molecule has 1 amide bonds. The topological polar surface area (TPSA) is 61.8 Å². The maximum Gasteiger partial charge on any atom is 0.225 e. The van der Waals surface area contributed by atoms with E-state index in [1.807, 2.05) is 25.9 Å². The Morgan fingerprint density at radius 1 is 1.59 bits per heavy atom. The van der Waals surface area contributed by atoms with Gasteiger partial charge in [0.05, 0.1) is 24.2 Å². The van der Waals surface area contributed by atoms with E-state index in [4.69, 9.17) is 4.74 Å². The maximum atomic E-state index is 11.8. The standard InChI is InChI=1S/C12H24N2O3/c1-9-5-10(6-17-9)11(15)13-7-12(2,16)8-14(3)4/h9-10,16H,5-8H2,1-4H3,(H,13,15). The van der Waals surface area contributed by atoms with Crippen molar-refractivity contribution in [1.82, 2.24) is 10.2 Å². The van der Waals surface area contributed by atoms with Crippen LogP contribution in [0.25, 0.3) is 0 Å². The van der Waals surface area contributed by atoms with Crippen molar-refractivity contribution >= 4 is 5.91 Å². The minimum absolute atomic E-state index is 0.0200. The first-order valence-corrected chi connectivity index (χ1v) is 6.06. The molecule has 0 aromatic rings. The highest BCUT2D eigenvalue weighted by Gasteiger charge is 2.30. The Hall–Kier alpha value is -0.650. The van der Waals surface area contributed by atoms with E-state index in [0.717, 1.165) is 6.42 Å². The van der Waals surface area contributed by atoms with Gasteiger partial charge < -0.3 is 20.1 Å². The molecule has 0 aromatic carbocycles. The van der Waals surface area contributed by atoms with Gasteiger partial charge in [0.2, 0.25) is 5.91 Å². The van der Waals surface area contributed by atoms with Crippen LogP contribution in [0.2, 0.25) is 0 Å². The Kier molecular flexibility index (Phi) is 4.91. The Balaban J connectivity index is 2.32. The number of hydrogen-bond donors (Lipinski definition) is 2. The maximum absolute atomic E-state index is 11.8. The number of nitrogens with one attached hydrogen (secondary N) is 1. The van der Waals surface area contributed by atoms with Gasteiger partial charge in [0.15, 0.2) is 0 Å². The molecule has 0 radical (unpaired) electrons. The van der Waals surface area contributed by atoms with E-state index in [1.165, 1.54) is 0 Å². The average Bonchev–Trinajstić information content (AvgIpc) is 2.59. The molecule has 1 saturated heterocycles. The second kappa shape index (κ2) is 5.80. The van der Waals surface area contributed by atoms with Gasteiger partial charge in [-0.15, -0.1) is 0 Å². The van der Waals surface area contributed by atoms with E-state index in [1.54, 1.807) is 6.92 Å². The van der Waals surface area contributed by atoms with Crippen LogP contribution >= 0.6 is 0 Å². The summed E-state index contributed by atoms with van der Waals surface area (Å²) in [7, 11) is 3.78. The van der Waals surface area contributed by atoms with Crippen LogP contribution in [0, 0.1) is 5.92 Å². The number of likely N-dealkylation sites (N-methyl/N-ethyl adjacent to an activating group) is 1. The van der Waals surface area contributed by atoms with E-state index in [2.05, 4.69) is 5.32 Å². The Labute approximate surface area is 103 Å². The normalized spacial score (nSPS) is 28.1. The van der Waals surface area contributed by atoms with Crippen molar-refractivity contribution in [3.63, 3.8) is 0 Å². The molecule has 3 unspecified atom stereocenters. The van der Waals surface area contributed by atoms with Crippen LogP contribution in [-0.4, -0.2) is 61.4 Å². The van der Waals surface area contributed by atoms with Gasteiger partial charge in [-0.25, -0.2) is 0 Å². The lowest BCUT2D eigenvalue weighted by Gasteiger charge is -2.27. The minimum atomic E-state index is -0.899. The second-order valence-electron chi connectivity index (χ2n) is 5.53. The molecular formula is C12H24N2O3. The number of rotatable bonds is 5. The molecule has 0 spiro atoms.